The molecule has 6 nitrogen and oxygen atoms in total. The zero-order valence-electron chi connectivity index (χ0n) is 12.5. The Hall–Kier alpha value is -1.85. The molecule has 2 heterocycles. The van der Waals surface area contributed by atoms with E-state index in [1.165, 1.54) is 0 Å². The fraction of sp³-hybridized carbons (Fsp3) is 0.643. The van der Waals surface area contributed by atoms with E-state index in [-0.39, 0.29) is 12.1 Å². The topological polar surface area (TPSA) is 58.6 Å². The molecule has 2 rings (SSSR count). The number of carbonyl (C=O) groups is 1. The van der Waals surface area contributed by atoms with E-state index in [0.29, 0.717) is 25.6 Å². The molecule has 1 aliphatic heterocycles. The lowest BCUT2D eigenvalue weighted by Crippen LogP contribution is -2.55. The summed E-state index contributed by atoms with van der Waals surface area (Å²) in [6.07, 6.45) is 3.21. The van der Waals surface area contributed by atoms with E-state index in [2.05, 4.69) is 14.9 Å². The predicted octanol–water partition coefficient (Wildman–Crippen LogP) is 1.92. The van der Waals surface area contributed by atoms with Gasteiger partial charge in [-0.2, -0.15) is 0 Å². The minimum Gasteiger partial charge on any atom is -0.444 e. The molecule has 20 heavy (non-hydrogen) atoms. The van der Waals surface area contributed by atoms with E-state index in [9.17, 15) is 4.79 Å². The maximum Gasteiger partial charge on any atom is 0.410 e. The molecule has 0 unspecified atom stereocenters. The second-order valence-electron chi connectivity index (χ2n) is 6.02. The van der Waals surface area contributed by atoms with Crippen LogP contribution >= 0.6 is 0 Å². The number of nitrogens with zero attached hydrogens (tertiary/aromatic N) is 4. The first-order valence-corrected chi connectivity index (χ1v) is 6.88. The Kier molecular flexibility index (Phi) is 4.11. The summed E-state index contributed by atoms with van der Waals surface area (Å²) < 4.78 is 5.43. The van der Waals surface area contributed by atoms with Gasteiger partial charge in [-0.15, -0.1) is 0 Å². The van der Waals surface area contributed by atoms with Crippen molar-refractivity contribution in [3.05, 3.63) is 18.5 Å². The Morgan fingerprint density at radius 1 is 1.30 bits per heavy atom. The molecule has 0 aliphatic carbocycles. The molecular weight excluding hydrogens is 256 g/mol. The molecule has 0 N–H and O–H groups in total. The van der Waals surface area contributed by atoms with Crippen molar-refractivity contribution >= 4 is 12.0 Å². The van der Waals surface area contributed by atoms with Crippen LogP contribution in [0.4, 0.5) is 10.7 Å². The van der Waals surface area contributed by atoms with Crippen LogP contribution < -0.4 is 4.90 Å². The van der Waals surface area contributed by atoms with Gasteiger partial charge in [-0.25, -0.2) is 14.8 Å². The summed E-state index contributed by atoms with van der Waals surface area (Å²) in [6, 6.07) is 1.87. The number of hydrogen-bond acceptors (Lipinski definition) is 5. The molecule has 0 spiro atoms. The van der Waals surface area contributed by atoms with Crippen molar-refractivity contribution in [2.24, 2.45) is 0 Å². The largest absolute Gasteiger partial charge is 0.444 e. The molecule has 0 aromatic carbocycles. The third kappa shape index (κ3) is 3.59. The predicted molar refractivity (Wildman–Crippen MR) is 76.6 cm³/mol. The van der Waals surface area contributed by atoms with E-state index >= 15 is 0 Å². The van der Waals surface area contributed by atoms with Gasteiger partial charge >= 0.3 is 6.09 Å². The molecule has 0 radical (unpaired) electrons. The van der Waals surface area contributed by atoms with Gasteiger partial charge in [-0.3, -0.25) is 0 Å². The van der Waals surface area contributed by atoms with Gasteiger partial charge in [0.15, 0.2) is 0 Å². The molecule has 0 saturated carbocycles. The summed E-state index contributed by atoms with van der Waals surface area (Å²) in [4.78, 5) is 24.5. The standard InChI is InChI=1S/C14H22N4O2/c1-11-10-17(12-15-6-5-7-16-12)8-9-18(11)13(19)20-14(2,3)4/h5-7,11H,8-10H2,1-4H3/t11-/m0/s1. The number of hydrogen-bond donors (Lipinski definition) is 0. The van der Waals surface area contributed by atoms with Crippen LogP contribution in [-0.4, -0.2) is 52.2 Å². The Morgan fingerprint density at radius 2 is 1.95 bits per heavy atom. The number of amides is 1. The third-order valence-electron chi connectivity index (χ3n) is 3.09. The number of aromatic nitrogens is 2. The van der Waals surface area contributed by atoms with Gasteiger partial charge in [-0.1, -0.05) is 0 Å². The van der Waals surface area contributed by atoms with Gasteiger partial charge in [0.1, 0.15) is 5.60 Å². The Balaban J connectivity index is 1.98. The van der Waals surface area contributed by atoms with Crippen molar-refractivity contribution in [2.75, 3.05) is 24.5 Å². The minimum atomic E-state index is -0.462. The smallest absolute Gasteiger partial charge is 0.410 e. The fourth-order valence-corrected chi connectivity index (χ4v) is 2.19. The van der Waals surface area contributed by atoms with Crippen LogP contribution in [0.2, 0.25) is 0 Å². The molecule has 1 atom stereocenters. The maximum absolute atomic E-state index is 12.1. The first kappa shape index (κ1) is 14.6. The van der Waals surface area contributed by atoms with Gasteiger partial charge in [0.2, 0.25) is 5.95 Å². The van der Waals surface area contributed by atoms with E-state index in [4.69, 9.17) is 4.74 Å². The van der Waals surface area contributed by atoms with Gasteiger partial charge in [0.05, 0.1) is 0 Å². The SMILES string of the molecule is C[C@H]1CN(c2ncccn2)CCN1C(=O)OC(C)(C)C. The van der Waals surface area contributed by atoms with Crippen molar-refractivity contribution in [3.63, 3.8) is 0 Å². The van der Waals surface area contributed by atoms with Crippen LogP contribution in [0.1, 0.15) is 27.7 Å². The summed E-state index contributed by atoms with van der Waals surface area (Å²) in [6.45, 7) is 9.70. The molecule has 6 heteroatoms. The van der Waals surface area contributed by atoms with E-state index in [0.717, 1.165) is 0 Å². The summed E-state index contributed by atoms with van der Waals surface area (Å²) in [5.41, 5.74) is -0.462. The summed E-state index contributed by atoms with van der Waals surface area (Å²) >= 11 is 0. The Labute approximate surface area is 119 Å². The number of anilines is 1. The highest BCUT2D eigenvalue weighted by molar-refractivity contribution is 5.69. The Morgan fingerprint density at radius 3 is 2.50 bits per heavy atom. The minimum absolute atomic E-state index is 0.0717. The monoisotopic (exact) mass is 278 g/mol. The summed E-state index contributed by atoms with van der Waals surface area (Å²) in [5, 5.41) is 0. The first-order valence-electron chi connectivity index (χ1n) is 6.88. The van der Waals surface area contributed by atoms with Gasteiger partial charge in [-0.05, 0) is 33.8 Å². The first-order chi connectivity index (χ1) is 9.37. The molecular formula is C14H22N4O2. The van der Waals surface area contributed by atoms with Gasteiger partial charge < -0.3 is 14.5 Å². The molecule has 0 bridgehead atoms. The Bertz CT molecular complexity index is 458. The number of piperazine rings is 1. The zero-order valence-corrected chi connectivity index (χ0v) is 12.5. The van der Waals surface area contributed by atoms with Crippen LogP contribution in [0.15, 0.2) is 18.5 Å². The van der Waals surface area contributed by atoms with Crippen molar-refractivity contribution in [1.82, 2.24) is 14.9 Å². The highest BCUT2D eigenvalue weighted by Gasteiger charge is 2.31. The second kappa shape index (κ2) is 5.64. The molecule has 1 saturated heterocycles. The van der Waals surface area contributed by atoms with E-state index in [1.54, 1.807) is 23.4 Å². The maximum atomic E-state index is 12.1. The van der Waals surface area contributed by atoms with Crippen molar-refractivity contribution in [3.8, 4) is 0 Å². The highest BCUT2D eigenvalue weighted by Crippen LogP contribution is 2.17. The summed E-state index contributed by atoms with van der Waals surface area (Å²) in [7, 11) is 0. The average molecular weight is 278 g/mol. The van der Waals surface area contributed by atoms with Crippen LogP contribution in [0, 0.1) is 0 Å². The van der Waals surface area contributed by atoms with Crippen LogP contribution in [0.5, 0.6) is 0 Å². The van der Waals surface area contributed by atoms with E-state index < -0.39 is 5.60 Å². The van der Waals surface area contributed by atoms with Gasteiger partial charge in [0.25, 0.3) is 0 Å². The highest BCUT2D eigenvalue weighted by atomic mass is 16.6. The average Bonchev–Trinajstić information content (AvgIpc) is 2.37. The van der Waals surface area contributed by atoms with Crippen molar-refractivity contribution < 1.29 is 9.53 Å². The molecule has 1 fully saturated rings. The number of rotatable bonds is 1. The molecule has 110 valence electrons. The van der Waals surface area contributed by atoms with E-state index in [1.807, 2.05) is 27.7 Å². The number of carbonyl (C=O) groups excluding carboxylic acids is 1. The zero-order chi connectivity index (χ0) is 14.8. The molecule has 1 aromatic rings. The quantitative estimate of drug-likeness (QED) is 0.785. The van der Waals surface area contributed by atoms with Crippen LogP contribution in [-0.2, 0) is 4.74 Å². The van der Waals surface area contributed by atoms with Gasteiger partial charge in [0, 0.05) is 38.1 Å². The third-order valence-corrected chi connectivity index (χ3v) is 3.09. The van der Waals surface area contributed by atoms with Crippen molar-refractivity contribution in [1.29, 1.82) is 0 Å². The molecule has 1 amide bonds. The normalized spacial score (nSPS) is 19.9. The van der Waals surface area contributed by atoms with Crippen LogP contribution in [0.25, 0.3) is 0 Å². The molecule has 1 aromatic heterocycles. The lowest BCUT2D eigenvalue weighted by Gasteiger charge is -2.40. The molecule has 1 aliphatic rings. The fourth-order valence-electron chi connectivity index (χ4n) is 2.19. The van der Waals surface area contributed by atoms with Crippen molar-refractivity contribution in [2.45, 2.75) is 39.3 Å². The lowest BCUT2D eigenvalue weighted by atomic mass is 10.2. The lowest BCUT2D eigenvalue weighted by molar-refractivity contribution is 0.0158. The second-order valence-corrected chi connectivity index (χ2v) is 6.02. The number of ether oxygens (including phenoxy) is 1. The summed E-state index contributed by atoms with van der Waals surface area (Å²) in [5.74, 6) is 0.711. The van der Waals surface area contributed by atoms with Crippen LogP contribution in [0.3, 0.4) is 0 Å².